The van der Waals surface area contributed by atoms with E-state index in [4.69, 9.17) is 5.73 Å². The minimum Gasteiger partial charge on any atom is -0.381 e. The predicted molar refractivity (Wildman–Crippen MR) is 74.1 cm³/mol. The topological polar surface area (TPSA) is 76.2 Å². The average molecular weight is 257 g/mol. The molecule has 0 unspecified atom stereocenters. The van der Waals surface area contributed by atoms with Gasteiger partial charge in [-0.1, -0.05) is 30.3 Å². The van der Waals surface area contributed by atoms with Gasteiger partial charge in [-0.2, -0.15) is 4.40 Å². The van der Waals surface area contributed by atoms with Crippen LogP contribution in [0.4, 0.5) is 5.82 Å². The van der Waals surface area contributed by atoms with Gasteiger partial charge >= 0.3 is 0 Å². The number of aryl methyl sites for hydroxylation is 1. The molecule has 0 aliphatic carbocycles. The molecule has 5 nitrogen and oxygen atoms in total. The molecule has 3 rings (SSSR count). The predicted octanol–water partition coefficient (Wildman–Crippen LogP) is 2.15. The van der Waals surface area contributed by atoms with E-state index in [0.717, 1.165) is 17.0 Å². The Labute approximate surface area is 109 Å². The molecular weight excluding hydrogens is 246 g/mol. The number of hydrogen-bond acceptors (Lipinski definition) is 6. The second-order valence-corrected chi connectivity index (χ2v) is 4.46. The summed E-state index contributed by atoms with van der Waals surface area (Å²) in [6.45, 7) is 1.93. The molecule has 90 valence electrons. The minimum absolute atomic E-state index is 0.401. The molecule has 2 heterocycles. The monoisotopic (exact) mass is 257 g/mol. The maximum atomic E-state index is 5.83. The normalized spacial score (nSPS) is 13.5. The lowest BCUT2D eigenvalue weighted by Gasteiger charge is -2.15. The highest BCUT2D eigenvalue weighted by Crippen LogP contribution is 2.27. The lowest BCUT2D eigenvalue weighted by Crippen LogP contribution is -2.21. The molecule has 18 heavy (non-hydrogen) atoms. The number of amidine groups is 1. The van der Waals surface area contributed by atoms with Gasteiger partial charge in [-0.15, -0.1) is 0 Å². The number of anilines is 1. The van der Waals surface area contributed by atoms with Crippen molar-refractivity contribution in [1.82, 2.24) is 9.97 Å². The van der Waals surface area contributed by atoms with Gasteiger partial charge in [-0.3, -0.25) is 4.72 Å². The van der Waals surface area contributed by atoms with E-state index in [0.29, 0.717) is 17.3 Å². The summed E-state index contributed by atoms with van der Waals surface area (Å²) < 4.78 is 7.02. The van der Waals surface area contributed by atoms with Gasteiger partial charge < -0.3 is 5.73 Å². The highest BCUT2D eigenvalue weighted by Gasteiger charge is 2.18. The quantitative estimate of drug-likeness (QED) is 0.765. The molecule has 0 fully saturated rings. The van der Waals surface area contributed by atoms with Crippen LogP contribution in [0.25, 0.3) is 11.3 Å². The second kappa shape index (κ2) is 4.30. The van der Waals surface area contributed by atoms with Crippen molar-refractivity contribution < 1.29 is 0 Å². The van der Waals surface area contributed by atoms with Crippen LogP contribution in [0, 0.1) is 6.92 Å². The second-order valence-electron chi connectivity index (χ2n) is 3.89. The molecule has 1 aliphatic rings. The Balaban J connectivity index is 2.18. The first-order valence-corrected chi connectivity index (χ1v) is 6.23. The zero-order chi connectivity index (χ0) is 12.5. The smallest absolute Gasteiger partial charge is 0.167 e. The van der Waals surface area contributed by atoms with Crippen LogP contribution in [0.2, 0.25) is 0 Å². The van der Waals surface area contributed by atoms with Gasteiger partial charge in [0.05, 0.1) is 23.5 Å². The van der Waals surface area contributed by atoms with E-state index < -0.39 is 0 Å². The molecule has 0 saturated carbocycles. The summed E-state index contributed by atoms with van der Waals surface area (Å²) in [5.74, 6) is 1.07. The third kappa shape index (κ3) is 1.80. The number of hydrogen-bond donors (Lipinski definition) is 2. The number of nitrogens with one attached hydrogen (secondary N) is 1. The summed E-state index contributed by atoms with van der Waals surface area (Å²) in [5, 5.41) is 0. The lowest BCUT2D eigenvalue weighted by atomic mass is 10.1. The van der Waals surface area contributed by atoms with Gasteiger partial charge in [0.1, 0.15) is 5.69 Å². The van der Waals surface area contributed by atoms with Crippen LogP contribution in [-0.4, -0.2) is 15.8 Å². The van der Waals surface area contributed by atoms with Crippen LogP contribution in [-0.2, 0) is 0 Å². The van der Waals surface area contributed by atoms with E-state index in [9.17, 15) is 0 Å². The largest absolute Gasteiger partial charge is 0.381 e. The van der Waals surface area contributed by atoms with Gasteiger partial charge in [0, 0.05) is 5.56 Å². The fourth-order valence-electron chi connectivity index (χ4n) is 1.80. The van der Waals surface area contributed by atoms with E-state index in [1.807, 2.05) is 37.3 Å². The molecule has 0 bridgehead atoms. The summed E-state index contributed by atoms with van der Waals surface area (Å²) >= 11 is 1.17. The molecule has 1 aliphatic heterocycles. The number of aromatic nitrogens is 2. The number of fused-ring (bicyclic) bond motifs is 1. The first-order valence-electron chi connectivity index (χ1n) is 5.45. The Hall–Kier alpha value is -2.08. The van der Waals surface area contributed by atoms with E-state index >= 15 is 0 Å². The molecule has 0 radical (unpaired) electrons. The molecule has 3 N–H and O–H groups in total. The van der Waals surface area contributed by atoms with Crippen molar-refractivity contribution in [3.8, 4) is 11.3 Å². The third-order valence-electron chi connectivity index (χ3n) is 2.65. The average Bonchev–Trinajstić information content (AvgIpc) is 2.39. The summed E-state index contributed by atoms with van der Waals surface area (Å²) in [7, 11) is 0. The Morgan fingerprint density at radius 1 is 1.11 bits per heavy atom. The Morgan fingerprint density at radius 2 is 1.89 bits per heavy atom. The molecule has 0 atom stereocenters. The van der Waals surface area contributed by atoms with E-state index in [1.54, 1.807) is 0 Å². The summed E-state index contributed by atoms with van der Waals surface area (Å²) in [6.07, 6.45) is 0. The van der Waals surface area contributed by atoms with E-state index in [1.165, 1.54) is 12.1 Å². The molecule has 1 aromatic carbocycles. The zero-order valence-electron chi connectivity index (χ0n) is 9.71. The number of rotatable bonds is 1. The molecule has 0 spiro atoms. The molecule has 6 heteroatoms. The fourth-order valence-corrected chi connectivity index (χ4v) is 2.26. The number of benzene rings is 1. The molecular formula is C12H11N5S. The van der Waals surface area contributed by atoms with Gasteiger partial charge in [-0.25, -0.2) is 9.97 Å². The first-order chi connectivity index (χ1) is 8.75. The van der Waals surface area contributed by atoms with Crippen molar-refractivity contribution in [1.29, 1.82) is 0 Å². The highest BCUT2D eigenvalue weighted by atomic mass is 32.2. The molecule has 2 aromatic rings. The molecule has 1 aromatic heterocycles. The number of nitrogens with zero attached hydrogens (tertiary/aromatic N) is 3. The zero-order valence-corrected chi connectivity index (χ0v) is 10.5. The van der Waals surface area contributed by atoms with E-state index in [2.05, 4.69) is 19.1 Å². The number of nitrogens with two attached hydrogens (primary N) is 1. The van der Waals surface area contributed by atoms with Crippen LogP contribution >= 0.6 is 12.1 Å². The van der Waals surface area contributed by atoms with Crippen LogP contribution in [0.5, 0.6) is 0 Å². The summed E-state index contributed by atoms with van der Waals surface area (Å²) in [6, 6.07) is 9.92. The van der Waals surface area contributed by atoms with Gasteiger partial charge in [0.15, 0.2) is 11.7 Å². The van der Waals surface area contributed by atoms with Crippen LogP contribution in [0.3, 0.4) is 0 Å². The Bertz CT molecular complexity index is 624. The Morgan fingerprint density at radius 3 is 2.67 bits per heavy atom. The van der Waals surface area contributed by atoms with E-state index in [-0.39, 0.29) is 0 Å². The fraction of sp³-hybridized carbons (Fsp3) is 0.0833. The van der Waals surface area contributed by atoms with Crippen LogP contribution in [0.1, 0.15) is 11.4 Å². The summed E-state index contributed by atoms with van der Waals surface area (Å²) in [4.78, 5) is 9.06. The van der Waals surface area contributed by atoms with Crippen molar-refractivity contribution in [3.05, 3.63) is 41.7 Å². The van der Waals surface area contributed by atoms with Gasteiger partial charge in [0.25, 0.3) is 0 Å². The SMILES string of the molecule is Cc1nc2c(nc1-c1ccccc1)C(N)=NSN2. The Kier molecular flexibility index (Phi) is 2.64. The maximum Gasteiger partial charge on any atom is 0.167 e. The highest BCUT2D eigenvalue weighted by molar-refractivity contribution is 7.99. The molecule has 0 amide bonds. The first kappa shape index (κ1) is 11.0. The van der Waals surface area contributed by atoms with Gasteiger partial charge in [-0.05, 0) is 6.92 Å². The van der Waals surface area contributed by atoms with Crippen molar-refractivity contribution in [2.75, 3.05) is 4.72 Å². The van der Waals surface area contributed by atoms with Gasteiger partial charge in [0.2, 0.25) is 0 Å². The lowest BCUT2D eigenvalue weighted by molar-refractivity contribution is 1.11. The minimum atomic E-state index is 0.401. The van der Waals surface area contributed by atoms with Crippen molar-refractivity contribution in [3.63, 3.8) is 0 Å². The van der Waals surface area contributed by atoms with Crippen LogP contribution < -0.4 is 10.5 Å². The summed E-state index contributed by atoms with van der Waals surface area (Å²) in [5.41, 5.74) is 9.16. The molecule has 0 saturated heterocycles. The standard InChI is InChI=1S/C12H11N5S/c1-7-9(8-5-3-2-4-6-8)15-10-11(13)16-18-17-12(10)14-7/h2-6H,1H3,(H2,13,16)(H,14,17). The van der Waals surface area contributed by atoms with Crippen LogP contribution in [0.15, 0.2) is 34.7 Å². The maximum absolute atomic E-state index is 5.83. The van der Waals surface area contributed by atoms with Crippen molar-refractivity contribution >= 4 is 23.8 Å². The van der Waals surface area contributed by atoms with Crippen molar-refractivity contribution in [2.45, 2.75) is 6.92 Å². The van der Waals surface area contributed by atoms with Crippen molar-refractivity contribution in [2.24, 2.45) is 10.1 Å². The third-order valence-corrected chi connectivity index (χ3v) is 3.22.